The van der Waals surface area contributed by atoms with Crippen LogP contribution in [-0.2, 0) is 17.8 Å². The summed E-state index contributed by atoms with van der Waals surface area (Å²) in [5, 5.41) is 0. The highest BCUT2D eigenvalue weighted by atomic mass is 16.2. The zero-order chi connectivity index (χ0) is 20.9. The summed E-state index contributed by atoms with van der Waals surface area (Å²) in [6.45, 7) is 5.45. The Bertz CT molecular complexity index is 981. The molecule has 1 atom stereocenters. The summed E-state index contributed by atoms with van der Waals surface area (Å²) in [4.78, 5) is 22.1. The Labute approximate surface area is 179 Å². The fraction of sp³-hybridized carbons (Fsp3) is 0.440. The highest BCUT2D eigenvalue weighted by Crippen LogP contribution is 2.19. The van der Waals surface area contributed by atoms with Crippen LogP contribution < -0.4 is 0 Å². The van der Waals surface area contributed by atoms with Gasteiger partial charge in [0.05, 0.1) is 11.0 Å². The van der Waals surface area contributed by atoms with E-state index in [4.69, 9.17) is 0 Å². The van der Waals surface area contributed by atoms with Crippen molar-refractivity contribution in [3.63, 3.8) is 0 Å². The molecule has 2 heterocycles. The molecule has 30 heavy (non-hydrogen) atoms. The first-order chi connectivity index (χ1) is 14.6. The Morgan fingerprint density at radius 2 is 1.90 bits per heavy atom. The first-order valence-corrected chi connectivity index (χ1v) is 11.1. The van der Waals surface area contributed by atoms with Gasteiger partial charge in [-0.2, -0.15) is 0 Å². The van der Waals surface area contributed by atoms with Gasteiger partial charge in [-0.25, -0.2) is 4.98 Å². The van der Waals surface area contributed by atoms with Crippen LogP contribution in [0.3, 0.4) is 0 Å². The highest BCUT2D eigenvalue weighted by molar-refractivity contribution is 5.78. The van der Waals surface area contributed by atoms with Gasteiger partial charge in [-0.1, -0.05) is 42.5 Å². The third-order valence-electron chi connectivity index (χ3n) is 6.36. The molecule has 0 saturated carbocycles. The van der Waals surface area contributed by atoms with Crippen molar-refractivity contribution in [1.82, 2.24) is 19.4 Å². The van der Waals surface area contributed by atoms with Crippen molar-refractivity contribution in [3.05, 3.63) is 66.0 Å². The smallest absolute Gasteiger partial charge is 0.224 e. The Morgan fingerprint density at radius 1 is 1.13 bits per heavy atom. The molecule has 5 nitrogen and oxygen atoms in total. The lowest BCUT2D eigenvalue weighted by Crippen LogP contribution is -2.49. The van der Waals surface area contributed by atoms with E-state index in [1.54, 1.807) is 0 Å². The van der Waals surface area contributed by atoms with Crippen LogP contribution in [-0.4, -0.2) is 58.0 Å². The van der Waals surface area contributed by atoms with Crippen LogP contribution >= 0.6 is 0 Å². The zero-order valence-corrected chi connectivity index (χ0v) is 18.1. The number of aryl methyl sites for hydroxylation is 2. The largest absolute Gasteiger partial charge is 0.341 e. The number of fused-ring (bicyclic) bond motifs is 1. The zero-order valence-electron chi connectivity index (χ0n) is 18.1. The maximum Gasteiger partial charge on any atom is 0.224 e. The molecule has 0 aliphatic carbocycles. The SMILES string of the molecule is Cc1nc2ccccc2n1CCC(=O)N1CCC[C@@H](N(C)CCc2ccccc2)C1. The van der Waals surface area contributed by atoms with Crippen molar-refractivity contribution in [2.24, 2.45) is 0 Å². The number of hydrogen-bond donors (Lipinski definition) is 0. The van der Waals surface area contributed by atoms with Crippen LogP contribution in [0.2, 0.25) is 0 Å². The molecular formula is C25H32N4O. The number of nitrogens with zero attached hydrogens (tertiary/aromatic N) is 4. The molecule has 4 rings (SSSR count). The third-order valence-corrected chi connectivity index (χ3v) is 6.36. The van der Waals surface area contributed by atoms with Crippen LogP contribution in [0.15, 0.2) is 54.6 Å². The van der Waals surface area contributed by atoms with Gasteiger partial charge < -0.3 is 14.4 Å². The van der Waals surface area contributed by atoms with Gasteiger partial charge in [-0.3, -0.25) is 4.79 Å². The number of likely N-dealkylation sites (N-methyl/N-ethyl adjacent to an activating group) is 1. The van der Waals surface area contributed by atoms with E-state index < -0.39 is 0 Å². The molecule has 0 bridgehead atoms. The first-order valence-electron chi connectivity index (χ1n) is 11.1. The molecule has 5 heteroatoms. The van der Waals surface area contributed by atoms with Crippen LogP contribution in [0.4, 0.5) is 0 Å². The fourth-order valence-corrected chi connectivity index (χ4v) is 4.52. The number of hydrogen-bond acceptors (Lipinski definition) is 3. The van der Waals surface area contributed by atoms with Gasteiger partial charge >= 0.3 is 0 Å². The van der Waals surface area contributed by atoms with Crippen LogP contribution in [0.25, 0.3) is 11.0 Å². The average Bonchev–Trinajstić information content (AvgIpc) is 3.11. The molecule has 2 aromatic carbocycles. The Morgan fingerprint density at radius 3 is 2.73 bits per heavy atom. The summed E-state index contributed by atoms with van der Waals surface area (Å²) >= 11 is 0. The molecule has 158 valence electrons. The lowest BCUT2D eigenvalue weighted by atomic mass is 10.0. The van der Waals surface area contributed by atoms with E-state index in [-0.39, 0.29) is 5.91 Å². The van der Waals surface area contributed by atoms with E-state index in [1.807, 2.05) is 25.1 Å². The Kier molecular flexibility index (Phi) is 6.48. The number of aromatic nitrogens is 2. The monoisotopic (exact) mass is 404 g/mol. The number of para-hydroxylation sites is 2. The Hall–Kier alpha value is -2.66. The molecule has 1 aromatic heterocycles. The summed E-state index contributed by atoms with van der Waals surface area (Å²) in [5.41, 5.74) is 3.48. The van der Waals surface area contributed by atoms with E-state index in [9.17, 15) is 4.79 Å². The van der Waals surface area contributed by atoms with Gasteiger partial charge in [0.25, 0.3) is 0 Å². The van der Waals surface area contributed by atoms with Crippen molar-refractivity contribution in [1.29, 1.82) is 0 Å². The molecule has 0 spiro atoms. The number of carbonyl (C=O) groups excluding carboxylic acids is 1. The molecular weight excluding hydrogens is 372 g/mol. The van der Waals surface area contributed by atoms with Crippen LogP contribution in [0.1, 0.15) is 30.7 Å². The van der Waals surface area contributed by atoms with Gasteiger partial charge in [0.15, 0.2) is 0 Å². The number of amides is 1. The van der Waals surface area contributed by atoms with Gasteiger partial charge in [0.2, 0.25) is 5.91 Å². The van der Waals surface area contributed by atoms with Gasteiger partial charge in [-0.15, -0.1) is 0 Å². The maximum atomic E-state index is 13.0. The topological polar surface area (TPSA) is 41.4 Å². The van der Waals surface area contributed by atoms with E-state index >= 15 is 0 Å². The minimum atomic E-state index is 0.258. The fourth-order valence-electron chi connectivity index (χ4n) is 4.52. The number of imidazole rings is 1. The number of carbonyl (C=O) groups is 1. The average molecular weight is 405 g/mol. The molecule has 1 aliphatic heterocycles. The predicted molar refractivity (Wildman–Crippen MR) is 121 cm³/mol. The first kappa shape index (κ1) is 20.6. The van der Waals surface area contributed by atoms with Gasteiger partial charge in [-0.05, 0) is 50.9 Å². The second kappa shape index (κ2) is 9.43. The molecule has 0 radical (unpaired) electrons. The number of benzene rings is 2. The molecule has 1 fully saturated rings. The van der Waals surface area contributed by atoms with Gasteiger partial charge in [0, 0.05) is 38.6 Å². The molecule has 1 amide bonds. The lowest BCUT2D eigenvalue weighted by molar-refractivity contribution is -0.133. The number of piperidine rings is 1. The summed E-state index contributed by atoms with van der Waals surface area (Å²) < 4.78 is 2.17. The molecule has 0 unspecified atom stereocenters. The number of rotatable bonds is 7. The maximum absolute atomic E-state index is 13.0. The second-order valence-corrected chi connectivity index (χ2v) is 8.40. The molecule has 1 saturated heterocycles. The summed E-state index contributed by atoms with van der Waals surface area (Å²) in [6, 6.07) is 19.2. The summed E-state index contributed by atoms with van der Waals surface area (Å²) in [5.74, 6) is 1.23. The minimum Gasteiger partial charge on any atom is -0.341 e. The van der Waals surface area contributed by atoms with E-state index in [0.717, 1.165) is 49.3 Å². The second-order valence-electron chi connectivity index (χ2n) is 8.40. The highest BCUT2D eigenvalue weighted by Gasteiger charge is 2.26. The van der Waals surface area contributed by atoms with Crippen molar-refractivity contribution >= 4 is 16.9 Å². The molecule has 0 N–H and O–H groups in total. The molecule has 3 aromatic rings. The Balaban J connectivity index is 1.31. The van der Waals surface area contributed by atoms with E-state index in [1.165, 1.54) is 12.0 Å². The third kappa shape index (κ3) is 4.73. The van der Waals surface area contributed by atoms with Crippen molar-refractivity contribution < 1.29 is 4.79 Å². The number of likely N-dealkylation sites (tertiary alicyclic amines) is 1. The van der Waals surface area contributed by atoms with E-state index in [2.05, 4.69) is 62.8 Å². The predicted octanol–water partition coefficient (Wildman–Crippen LogP) is 3.90. The van der Waals surface area contributed by atoms with Crippen molar-refractivity contribution in [3.8, 4) is 0 Å². The van der Waals surface area contributed by atoms with Crippen molar-refractivity contribution in [2.45, 2.75) is 45.2 Å². The lowest BCUT2D eigenvalue weighted by Gasteiger charge is -2.38. The van der Waals surface area contributed by atoms with Crippen molar-refractivity contribution in [2.75, 3.05) is 26.7 Å². The normalized spacial score (nSPS) is 17.0. The standard InChI is InChI=1S/C25H32N4O/c1-20-26-23-12-6-7-13-24(23)29(20)18-15-25(30)28-16-8-11-22(19-28)27(2)17-14-21-9-4-3-5-10-21/h3-7,9-10,12-13,22H,8,11,14-19H2,1-2H3/t22-/m1/s1. The van der Waals surface area contributed by atoms with Crippen LogP contribution in [0, 0.1) is 6.92 Å². The van der Waals surface area contributed by atoms with Gasteiger partial charge in [0.1, 0.15) is 5.82 Å². The molecule has 1 aliphatic rings. The summed E-state index contributed by atoms with van der Waals surface area (Å²) in [6.07, 6.45) is 3.83. The quantitative estimate of drug-likeness (QED) is 0.600. The van der Waals surface area contributed by atoms with E-state index in [0.29, 0.717) is 19.0 Å². The summed E-state index contributed by atoms with van der Waals surface area (Å²) in [7, 11) is 2.20. The minimum absolute atomic E-state index is 0.258. The van der Waals surface area contributed by atoms with Crippen LogP contribution in [0.5, 0.6) is 0 Å².